The Morgan fingerprint density at radius 3 is 2.80 bits per heavy atom. The van der Waals surface area contributed by atoms with Crippen LogP contribution in [0.25, 0.3) is 10.8 Å². The van der Waals surface area contributed by atoms with E-state index in [4.69, 9.17) is 17.4 Å². The van der Waals surface area contributed by atoms with Crippen molar-refractivity contribution in [1.29, 1.82) is 0 Å². The van der Waals surface area contributed by atoms with E-state index in [2.05, 4.69) is 22.5 Å². The molecule has 1 aromatic carbocycles. The van der Waals surface area contributed by atoms with E-state index in [1.54, 1.807) is 11.3 Å². The number of rotatable bonds is 4. The Labute approximate surface area is 126 Å². The van der Waals surface area contributed by atoms with E-state index in [0.29, 0.717) is 0 Å². The van der Waals surface area contributed by atoms with Crippen LogP contribution >= 0.6 is 22.9 Å². The summed E-state index contributed by atoms with van der Waals surface area (Å²) in [5.74, 6) is 5.73. The predicted octanol–water partition coefficient (Wildman–Crippen LogP) is 3.70. The summed E-state index contributed by atoms with van der Waals surface area (Å²) in [6.45, 7) is 0. The van der Waals surface area contributed by atoms with E-state index in [1.807, 2.05) is 36.5 Å². The first-order valence-corrected chi connectivity index (χ1v) is 7.51. The van der Waals surface area contributed by atoms with E-state index < -0.39 is 0 Å². The standard InChI is InChI=1S/C15H14ClN3S/c16-14-6-5-11(20-14)9-13(19-17)15-12-4-2-1-3-10(12)7-8-18-15/h1-8,13,19H,9,17H2. The number of pyridine rings is 1. The lowest BCUT2D eigenvalue weighted by Crippen LogP contribution is -2.30. The predicted molar refractivity (Wildman–Crippen MR) is 84.8 cm³/mol. The van der Waals surface area contributed by atoms with Crippen molar-refractivity contribution >= 4 is 33.7 Å². The topological polar surface area (TPSA) is 50.9 Å². The maximum absolute atomic E-state index is 5.98. The van der Waals surface area contributed by atoms with E-state index in [0.717, 1.165) is 21.8 Å². The van der Waals surface area contributed by atoms with Crippen molar-refractivity contribution in [3.05, 3.63) is 63.6 Å². The van der Waals surface area contributed by atoms with Gasteiger partial charge in [0.1, 0.15) is 0 Å². The zero-order valence-corrected chi connectivity index (χ0v) is 12.3. The summed E-state index contributed by atoms with van der Waals surface area (Å²) in [6, 6.07) is 14.1. The first kappa shape index (κ1) is 13.5. The lowest BCUT2D eigenvalue weighted by molar-refractivity contribution is 0.546. The summed E-state index contributed by atoms with van der Waals surface area (Å²) in [5.41, 5.74) is 3.84. The van der Waals surface area contributed by atoms with E-state index >= 15 is 0 Å². The Morgan fingerprint density at radius 1 is 1.20 bits per heavy atom. The van der Waals surface area contributed by atoms with Crippen LogP contribution in [-0.2, 0) is 6.42 Å². The van der Waals surface area contributed by atoms with Gasteiger partial charge in [-0.05, 0) is 23.6 Å². The molecule has 20 heavy (non-hydrogen) atoms. The molecule has 0 radical (unpaired) electrons. The summed E-state index contributed by atoms with van der Waals surface area (Å²) < 4.78 is 0.793. The molecule has 0 saturated heterocycles. The van der Waals surface area contributed by atoms with Gasteiger partial charge in [-0.15, -0.1) is 11.3 Å². The fourth-order valence-corrected chi connectivity index (χ4v) is 3.45. The van der Waals surface area contributed by atoms with Crippen molar-refractivity contribution in [2.45, 2.75) is 12.5 Å². The average molecular weight is 304 g/mol. The Morgan fingerprint density at radius 2 is 2.05 bits per heavy atom. The molecule has 3 rings (SSSR count). The van der Waals surface area contributed by atoms with Gasteiger partial charge < -0.3 is 0 Å². The lowest BCUT2D eigenvalue weighted by atomic mass is 10.0. The summed E-state index contributed by atoms with van der Waals surface area (Å²) in [4.78, 5) is 5.70. The largest absolute Gasteiger partial charge is 0.271 e. The van der Waals surface area contributed by atoms with Crippen LogP contribution in [0.5, 0.6) is 0 Å². The maximum Gasteiger partial charge on any atom is 0.0931 e. The first-order valence-electron chi connectivity index (χ1n) is 6.32. The number of benzene rings is 1. The third-order valence-corrected chi connectivity index (χ3v) is 4.52. The molecular weight excluding hydrogens is 290 g/mol. The van der Waals surface area contributed by atoms with Gasteiger partial charge in [-0.25, -0.2) is 0 Å². The third kappa shape index (κ3) is 2.69. The van der Waals surface area contributed by atoms with Crippen LogP contribution < -0.4 is 11.3 Å². The van der Waals surface area contributed by atoms with Crippen molar-refractivity contribution in [3.63, 3.8) is 0 Å². The van der Waals surface area contributed by atoms with E-state index in [-0.39, 0.29) is 6.04 Å². The van der Waals surface area contributed by atoms with Crippen LogP contribution in [-0.4, -0.2) is 4.98 Å². The number of nitrogens with two attached hydrogens (primary N) is 1. The first-order chi connectivity index (χ1) is 9.78. The molecule has 3 aromatic rings. The van der Waals surface area contributed by atoms with Crippen LogP contribution in [0.2, 0.25) is 4.34 Å². The molecule has 2 aromatic heterocycles. The third-order valence-electron chi connectivity index (χ3n) is 3.27. The number of nitrogens with one attached hydrogen (secondary N) is 1. The number of fused-ring (bicyclic) bond motifs is 1. The van der Waals surface area contributed by atoms with E-state index in [1.165, 1.54) is 10.3 Å². The summed E-state index contributed by atoms with van der Waals surface area (Å²) >= 11 is 7.55. The van der Waals surface area contributed by atoms with Crippen molar-refractivity contribution in [3.8, 4) is 0 Å². The molecule has 1 unspecified atom stereocenters. The second kappa shape index (κ2) is 5.89. The quantitative estimate of drug-likeness (QED) is 0.571. The van der Waals surface area contributed by atoms with Crippen molar-refractivity contribution in [1.82, 2.24) is 10.4 Å². The fourth-order valence-electron chi connectivity index (χ4n) is 2.32. The number of hydrogen-bond donors (Lipinski definition) is 2. The van der Waals surface area contributed by atoms with E-state index in [9.17, 15) is 0 Å². The Balaban J connectivity index is 1.98. The van der Waals surface area contributed by atoms with Gasteiger partial charge in [0.2, 0.25) is 0 Å². The summed E-state index contributed by atoms with van der Waals surface area (Å²) in [5, 5.41) is 2.29. The summed E-state index contributed by atoms with van der Waals surface area (Å²) in [6.07, 6.45) is 2.60. The molecule has 0 aliphatic heterocycles. The molecule has 0 aliphatic carbocycles. The number of halogens is 1. The number of aromatic nitrogens is 1. The number of hydrogen-bond acceptors (Lipinski definition) is 4. The molecule has 3 N–H and O–H groups in total. The van der Waals surface area contributed by atoms with Gasteiger partial charge in [-0.2, -0.15) is 0 Å². The molecule has 0 fully saturated rings. The zero-order chi connectivity index (χ0) is 13.9. The highest BCUT2D eigenvalue weighted by atomic mass is 35.5. The van der Waals surface area contributed by atoms with Crippen LogP contribution in [0, 0.1) is 0 Å². The van der Waals surface area contributed by atoms with Crippen molar-refractivity contribution in [2.24, 2.45) is 5.84 Å². The van der Waals surface area contributed by atoms with Crippen LogP contribution in [0.4, 0.5) is 0 Å². The van der Waals surface area contributed by atoms with Gasteiger partial charge in [-0.1, -0.05) is 35.9 Å². The van der Waals surface area contributed by atoms with Crippen LogP contribution in [0.15, 0.2) is 48.7 Å². The molecule has 0 saturated carbocycles. The zero-order valence-electron chi connectivity index (χ0n) is 10.7. The number of thiophene rings is 1. The molecule has 1 atom stereocenters. The Kier molecular flexibility index (Phi) is 3.98. The normalized spacial score (nSPS) is 12.7. The number of nitrogens with zero attached hydrogens (tertiary/aromatic N) is 1. The highest BCUT2D eigenvalue weighted by Gasteiger charge is 2.16. The van der Waals surface area contributed by atoms with Gasteiger partial charge >= 0.3 is 0 Å². The Hall–Kier alpha value is -1.46. The van der Waals surface area contributed by atoms with Crippen molar-refractivity contribution < 1.29 is 0 Å². The van der Waals surface area contributed by atoms with Crippen LogP contribution in [0.1, 0.15) is 16.6 Å². The summed E-state index contributed by atoms with van der Waals surface area (Å²) in [7, 11) is 0. The maximum atomic E-state index is 5.98. The minimum atomic E-state index is -0.0317. The van der Waals surface area contributed by atoms with Gasteiger partial charge in [0.05, 0.1) is 16.1 Å². The monoisotopic (exact) mass is 303 g/mol. The minimum Gasteiger partial charge on any atom is -0.271 e. The Bertz CT molecular complexity index is 720. The molecule has 102 valence electrons. The molecule has 3 nitrogen and oxygen atoms in total. The molecule has 0 aliphatic rings. The molecule has 0 bridgehead atoms. The number of hydrazine groups is 1. The molecular formula is C15H14ClN3S. The molecule has 0 spiro atoms. The van der Waals surface area contributed by atoms with Gasteiger partial charge in [0.15, 0.2) is 0 Å². The minimum absolute atomic E-state index is 0.0317. The van der Waals surface area contributed by atoms with Gasteiger partial charge in [0, 0.05) is 22.9 Å². The van der Waals surface area contributed by atoms with Gasteiger partial charge in [0.25, 0.3) is 0 Å². The van der Waals surface area contributed by atoms with Crippen LogP contribution in [0.3, 0.4) is 0 Å². The molecule has 5 heteroatoms. The van der Waals surface area contributed by atoms with Gasteiger partial charge in [-0.3, -0.25) is 16.3 Å². The smallest absolute Gasteiger partial charge is 0.0931 e. The highest BCUT2D eigenvalue weighted by molar-refractivity contribution is 7.16. The average Bonchev–Trinajstić information content (AvgIpc) is 2.89. The fraction of sp³-hybridized carbons (Fsp3) is 0.133. The molecule has 0 amide bonds. The second-order valence-corrected chi connectivity index (χ2v) is 6.35. The highest BCUT2D eigenvalue weighted by Crippen LogP contribution is 2.28. The SMILES string of the molecule is NNC(Cc1ccc(Cl)s1)c1nccc2ccccc12. The second-order valence-electron chi connectivity index (χ2n) is 4.55. The molecule has 2 heterocycles. The van der Waals surface area contributed by atoms with Crippen molar-refractivity contribution in [2.75, 3.05) is 0 Å². The lowest BCUT2D eigenvalue weighted by Gasteiger charge is -2.16.